The van der Waals surface area contributed by atoms with E-state index in [2.05, 4.69) is 0 Å². The van der Waals surface area contributed by atoms with Crippen LogP contribution in [0.3, 0.4) is 0 Å². The Balaban J connectivity index is 0. The second kappa shape index (κ2) is 7.26. The van der Waals surface area contributed by atoms with Gasteiger partial charge in [-0.15, -0.1) is 0 Å². The van der Waals surface area contributed by atoms with Gasteiger partial charge in [0.2, 0.25) is 0 Å². The van der Waals surface area contributed by atoms with E-state index < -0.39 is 12.6 Å². The Morgan fingerprint density at radius 1 is 0.818 bits per heavy atom. The van der Waals surface area contributed by atoms with Crippen LogP contribution in [0.5, 0.6) is 0 Å². The van der Waals surface area contributed by atoms with Gasteiger partial charge in [-0.2, -0.15) is 0 Å². The Bertz CT molecular complexity index is 117. The Labute approximate surface area is 65.5 Å². The van der Waals surface area contributed by atoms with Crippen LogP contribution in [0.2, 0.25) is 0 Å². The number of hydrogen-bond acceptors (Lipinski definition) is 5. The zero-order chi connectivity index (χ0) is 9.33. The van der Waals surface area contributed by atoms with Crippen molar-refractivity contribution in [2.45, 2.75) is 0 Å². The van der Waals surface area contributed by atoms with Gasteiger partial charge in [0.1, 0.15) is 0 Å². The fourth-order valence-corrected chi connectivity index (χ4v) is 0.458. The van der Waals surface area contributed by atoms with Crippen LogP contribution in [0, 0.1) is 0 Å². The first-order chi connectivity index (χ1) is 5.24. The van der Waals surface area contributed by atoms with E-state index in [1.165, 1.54) is 0 Å². The van der Waals surface area contributed by atoms with Crippen molar-refractivity contribution in [2.24, 2.45) is 0 Å². The Hall–Kier alpha value is -0.854. The summed E-state index contributed by atoms with van der Waals surface area (Å²) in [6, 6.07) is 0. The van der Waals surface area contributed by atoms with Crippen LogP contribution in [0.4, 0.5) is 0 Å². The fourth-order valence-electron chi connectivity index (χ4n) is 0.111. The summed E-state index contributed by atoms with van der Waals surface area (Å²) in [5.41, 5.74) is 0. The van der Waals surface area contributed by atoms with Crippen molar-refractivity contribution >= 4 is 20.9 Å². The van der Waals surface area contributed by atoms with Gasteiger partial charge >= 0.3 is 52.7 Å². The molecule has 0 aromatic carbocycles. The summed E-state index contributed by atoms with van der Waals surface area (Å²) >= 11 is -3.12. The monoisotopic (exact) mass is 207 g/mol. The molecule has 0 aliphatic rings. The maximum atomic E-state index is 9.88. The van der Waals surface area contributed by atoms with Gasteiger partial charge < -0.3 is 5.11 Å². The van der Waals surface area contributed by atoms with E-state index in [1.54, 1.807) is 0 Å². The second-order valence-electron chi connectivity index (χ2n) is 0.981. The molecule has 67 valence electrons. The van der Waals surface area contributed by atoms with Gasteiger partial charge in [-0.05, 0) is 0 Å². The van der Waals surface area contributed by atoms with Crippen LogP contribution < -0.4 is 0 Å². The van der Waals surface area contributed by atoms with Gasteiger partial charge in [-0.3, -0.25) is 0 Å². The second-order valence-corrected chi connectivity index (χ2v) is 4.04. The van der Waals surface area contributed by atoms with Crippen molar-refractivity contribution in [1.29, 1.82) is 0 Å². The Kier molecular flexibility index (Phi) is 8.44. The van der Waals surface area contributed by atoms with E-state index in [4.69, 9.17) is 5.11 Å². The summed E-state index contributed by atoms with van der Waals surface area (Å²) in [6.07, 6.45) is 0. The first-order valence-corrected chi connectivity index (χ1v) is 4.56. The van der Waals surface area contributed by atoms with E-state index in [1.807, 2.05) is 0 Å². The van der Waals surface area contributed by atoms with Gasteiger partial charge in [0.15, 0.2) is 0 Å². The quantitative estimate of drug-likeness (QED) is 0.567. The molecule has 0 unspecified atom stereocenters. The molecule has 0 heterocycles. The SMILES string of the molecule is CO.O=[CH][Co]([CH]=O)([CH]=O)[CH]=O. The first kappa shape index (κ1) is 12.8. The van der Waals surface area contributed by atoms with Crippen LogP contribution in [0.25, 0.3) is 0 Å². The number of carbonyl (C=O) groups excluding carboxylic acids is 4. The average Bonchev–Trinajstić information content (AvgIpc) is 2.13. The van der Waals surface area contributed by atoms with E-state index in [9.17, 15) is 19.2 Å². The van der Waals surface area contributed by atoms with Gasteiger partial charge in [0, 0.05) is 7.11 Å². The van der Waals surface area contributed by atoms with Gasteiger partial charge in [-0.25, -0.2) is 0 Å². The molecular formula is C5H8CoO5. The van der Waals surface area contributed by atoms with Crippen LogP contribution in [-0.2, 0) is 31.8 Å². The number of hydrogen-bond donors (Lipinski definition) is 1. The molecule has 0 aliphatic carbocycles. The summed E-state index contributed by atoms with van der Waals surface area (Å²) in [5, 5.41) is 7.44. The van der Waals surface area contributed by atoms with Gasteiger partial charge in [-0.1, -0.05) is 0 Å². The molecule has 11 heavy (non-hydrogen) atoms. The number of rotatable bonds is 4. The van der Waals surface area contributed by atoms with E-state index >= 15 is 0 Å². The number of aliphatic hydroxyl groups is 1. The standard InChI is InChI=1S/CH4O.4CHO.Co/c5*1-2;/h2H,1H3;4*1H;. The zero-order valence-electron chi connectivity index (χ0n) is 5.72. The summed E-state index contributed by atoms with van der Waals surface area (Å²) in [7, 11) is 1.00. The number of aliphatic hydroxyl groups excluding tert-OH is 1. The molecule has 0 spiro atoms. The minimum absolute atomic E-state index is 0.109. The zero-order valence-corrected chi connectivity index (χ0v) is 6.76. The molecule has 6 heteroatoms. The van der Waals surface area contributed by atoms with Crippen molar-refractivity contribution in [2.75, 3.05) is 7.11 Å². The van der Waals surface area contributed by atoms with Crippen LogP contribution in [0.15, 0.2) is 0 Å². The third-order valence-electron chi connectivity index (χ3n) is 0.544. The van der Waals surface area contributed by atoms with Crippen LogP contribution >= 0.6 is 0 Å². The summed E-state index contributed by atoms with van der Waals surface area (Å²) < 4.78 is 0. The topological polar surface area (TPSA) is 88.5 Å². The Morgan fingerprint density at radius 2 is 1.00 bits per heavy atom. The van der Waals surface area contributed by atoms with Crippen molar-refractivity contribution < 1.29 is 36.9 Å². The first-order valence-electron chi connectivity index (χ1n) is 2.16. The maximum absolute atomic E-state index is 9.88. The van der Waals surface area contributed by atoms with Crippen molar-refractivity contribution in [3.8, 4) is 0 Å². The third-order valence-corrected chi connectivity index (χ3v) is 2.24. The summed E-state index contributed by atoms with van der Waals surface area (Å²) in [5.74, 6) is 0. The Morgan fingerprint density at radius 3 is 1.00 bits per heavy atom. The van der Waals surface area contributed by atoms with E-state index in [0.717, 1.165) is 7.11 Å². The van der Waals surface area contributed by atoms with Crippen molar-refractivity contribution in [3.05, 3.63) is 0 Å². The molecule has 0 atom stereocenters. The normalized spacial score (nSPS) is 10.0. The summed E-state index contributed by atoms with van der Waals surface area (Å²) in [4.78, 5) is 39.5. The molecular weight excluding hydrogens is 199 g/mol. The summed E-state index contributed by atoms with van der Waals surface area (Å²) in [6.45, 7) is 0. The van der Waals surface area contributed by atoms with Crippen LogP contribution in [0.1, 0.15) is 0 Å². The molecule has 0 aliphatic heterocycles. The van der Waals surface area contributed by atoms with Crippen molar-refractivity contribution in [3.63, 3.8) is 0 Å². The van der Waals surface area contributed by atoms with E-state index in [-0.39, 0.29) is 20.9 Å². The molecule has 0 fully saturated rings. The number of carbonyl (C=O) groups is 4. The van der Waals surface area contributed by atoms with Gasteiger partial charge in [0.25, 0.3) is 0 Å². The minimum atomic E-state index is -3.12. The molecule has 0 amide bonds. The third kappa shape index (κ3) is 3.76. The molecule has 0 saturated carbocycles. The van der Waals surface area contributed by atoms with Crippen LogP contribution in [-0.4, -0.2) is 33.1 Å². The molecule has 0 radical (unpaired) electrons. The molecule has 0 rings (SSSR count). The molecule has 5 nitrogen and oxygen atoms in total. The van der Waals surface area contributed by atoms with E-state index in [0.29, 0.717) is 0 Å². The molecule has 1 N–H and O–H groups in total. The molecule has 0 aromatic rings. The molecule has 0 bridgehead atoms. The fraction of sp³-hybridized carbons (Fsp3) is 0.200. The predicted molar refractivity (Wildman–Crippen MR) is 35.1 cm³/mol. The van der Waals surface area contributed by atoms with Crippen molar-refractivity contribution in [1.82, 2.24) is 0 Å². The average molecular weight is 207 g/mol. The van der Waals surface area contributed by atoms with Gasteiger partial charge in [0.05, 0.1) is 0 Å². The predicted octanol–water partition coefficient (Wildman–Crippen LogP) is -1.49. The molecule has 0 saturated heterocycles. The molecule has 0 aromatic heterocycles.